The lowest BCUT2D eigenvalue weighted by atomic mass is 9.47. The average molecular weight is 293 g/mol. The Morgan fingerprint density at radius 2 is 2.45 bits per heavy atom. The molecule has 0 spiro atoms. The zero-order valence-corrected chi connectivity index (χ0v) is 12.6. The molecule has 3 aliphatic rings. The summed E-state index contributed by atoms with van der Waals surface area (Å²) in [5, 5.41) is 4.66. The van der Waals surface area contributed by atoms with E-state index in [0.717, 1.165) is 18.1 Å². The van der Waals surface area contributed by atoms with E-state index in [0.29, 0.717) is 10.9 Å². The fourth-order valence-corrected chi connectivity index (χ4v) is 3.58. The summed E-state index contributed by atoms with van der Waals surface area (Å²) in [6.07, 6.45) is 3.63. The van der Waals surface area contributed by atoms with Crippen molar-refractivity contribution in [1.82, 2.24) is 5.43 Å². The lowest BCUT2D eigenvalue weighted by Crippen LogP contribution is -2.59. The van der Waals surface area contributed by atoms with Crippen molar-refractivity contribution in [3.63, 3.8) is 0 Å². The first-order valence-corrected chi connectivity index (χ1v) is 7.88. The maximum Gasteiger partial charge on any atom is 0.316 e. The molecule has 0 amide bonds. The average Bonchev–Trinajstić information content (AvgIpc) is 2.43. The largest absolute Gasteiger partial charge is 0.461 e. The second-order valence-electron chi connectivity index (χ2n) is 5.92. The standard InChI is InChI=1S/C14H19N3O2S/c1-8-9(2)16-17-13(15-8)20-7-12(18)19-11-6-10-4-5-14(10,11)3/h10-11H,1,4-7H2,2-3H3,(H,15,17)/t10-,11+,14-/m0/s1. The lowest BCUT2D eigenvalue weighted by molar-refractivity contribution is -0.205. The van der Waals surface area contributed by atoms with Gasteiger partial charge in [-0.3, -0.25) is 10.2 Å². The summed E-state index contributed by atoms with van der Waals surface area (Å²) in [4.78, 5) is 16.1. The number of fused-ring (bicyclic) bond motifs is 1. The van der Waals surface area contributed by atoms with Crippen LogP contribution in [-0.4, -0.2) is 28.7 Å². The third-order valence-electron chi connectivity index (χ3n) is 4.77. The molecule has 6 heteroatoms. The molecular formula is C14H19N3O2S. The van der Waals surface area contributed by atoms with E-state index in [9.17, 15) is 4.79 Å². The van der Waals surface area contributed by atoms with Crippen LogP contribution in [0, 0.1) is 11.3 Å². The molecule has 0 aromatic heterocycles. The predicted octanol–water partition coefficient (Wildman–Crippen LogP) is 2.30. The highest BCUT2D eigenvalue weighted by Gasteiger charge is 2.59. The molecule has 20 heavy (non-hydrogen) atoms. The number of esters is 1. The van der Waals surface area contributed by atoms with Crippen molar-refractivity contribution in [3.05, 3.63) is 12.3 Å². The number of nitrogens with zero attached hydrogens (tertiary/aromatic N) is 2. The maximum atomic E-state index is 11.9. The van der Waals surface area contributed by atoms with Gasteiger partial charge in [-0.25, -0.2) is 4.99 Å². The molecule has 0 bridgehead atoms. The van der Waals surface area contributed by atoms with Crippen LogP contribution in [0.5, 0.6) is 0 Å². The summed E-state index contributed by atoms with van der Waals surface area (Å²) < 4.78 is 5.56. The third kappa shape index (κ3) is 2.26. The summed E-state index contributed by atoms with van der Waals surface area (Å²) >= 11 is 1.30. The van der Waals surface area contributed by atoms with Crippen LogP contribution in [0.4, 0.5) is 0 Å². The van der Waals surface area contributed by atoms with Gasteiger partial charge >= 0.3 is 5.97 Å². The first-order valence-electron chi connectivity index (χ1n) is 6.89. The van der Waals surface area contributed by atoms with Crippen molar-refractivity contribution in [2.24, 2.45) is 21.4 Å². The van der Waals surface area contributed by atoms with Crippen LogP contribution >= 0.6 is 11.8 Å². The summed E-state index contributed by atoms with van der Waals surface area (Å²) in [5.41, 5.74) is 4.45. The first kappa shape index (κ1) is 13.7. The molecule has 5 nitrogen and oxygen atoms in total. The van der Waals surface area contributed by atoms with Crippen LogP contribution < -0.4 is 5.43 Å². The molecule has 1 N–H and O–H groups in total. The smallest absolute Gasteiger partial charge is 0.316 e. The molecule has 108 valence electrons. The summed E-state index contributed by atoms with van der Waals surface area (Å²) in [7, 11) is 0. The number of hydrogen-bond acceptors (Lipinski definition) is 6. The molecule has 0 aromatic carbocycles. The molecule has 0 unspecified atom stereocenters. The molecule has 2 fully saturated rings. The zero-order chi connectivity index (χ0) is 14.3. The number of nitrogens with one attached hydrogen (secondary N) is 1. The second-order valence-corrected chi connectivity index (χ2v) is 6.88. The van der Waals surface area contributed by atoms with Gasteiger partial charge in [-0.2, -0.15) is 5.10 Å². The van der Waals surface area contributed by atoms with Crippen molar-refractivity contribution in [1.29, 1.82) is 0 Å². The van der Waals surface area contributed by atoms with E-state index < -0.39 is 0 Å². The fourth-order valence-electron chi connectivity index (χ4n) is 2.97. The van der Waals surface area contributed by atoms with Crippen LogP contribution in [0.2, 0.25) is 0 Å². The molecule has 1 aliphatic heterocycles. The Bertz CT molecular complexity index is 529. The molecule has 0 aromatic rings. The van der Waals surface area contributed by atoms with Crippen molar-refractivity contribution in [3.8, 4) is 0 Å². The van der Waals surface area contributed by atoms with Gasteiger partial charge in [-0.05, 0) is 32.1 Å². The van der Waals surface area contributed by atoms with Crippen LogP contribution in [-0.2, 0) is 9.53 Å². The minimum absolute atomic E-state index is 0.117. The van der Waals surface area contributed by atoms with Crippen LogP contribution in [0.15, 0.2) is 22.4 Å². The second kappa shape index (κ2) is 4.91. The number of carbonyl (C=O) groups is 1. The monoisotopic (exact) mass is 293 g/mol. The number of aliphatic imine (C=N–C) groups is 1. The van der Waals surface area contributed by atoms with Gasteiger partial charge in [0.25, 0.3) is 0 Å². The van der Waals surface area contributed by atoms with E-state index in [1.54, 1.807) is 0 Å². The van der Waals surface area contributed by atoms with Crippen molar-refractivity contribution >= 4 is 28.6 Å². The molecule has 1 heterocycles. The molecule has 2 aliphatic carbocycles. The van der Waals surface area contributed by atoms with E-state index >= 15 is 0 Å². The Morgan fingerprint density at radius 1 is 1.65 bits per heavy atom. The van der Waals surface area contributed by atoms with Gasteiger partial charge < -0.3 is 4.74 Å². The van der Waals surface area contributed by atoms with Gasteiger partial charge in [0.05, 0.1) is 17.2 Å². The number of hydrogen-bond donors (Lipinski definition) is 1. The molecule has 0 radical (unpaired) electrons. The number of hydrazone groups is 1. The molecule has 0 saturated heterocycles. The minimum Gasteiger partial charge on any atom is -0.461 e. The zero-order valence-electron chi connectivity index (χ0n) is 11.8. The summed E-state index contributed by atoms with van der Waals surface area (Å²) in [5.74, 6) is 0.858. The van der Waals surface area contributed by atoms with Crippen molar-refractivity contribution in [2.45, 2.75) is 39.2 Å². The molecule has 3 atom stereocenters. The van der Waals surface area contributed by atoms with Crippen LogP contribution in [0.1, 0.15) is 33.1 Å². The van der Waals surface area contributed by atoms with E-state index in [1.807, 2.05) is 6.92 Å². The topological polar surface area (TPSA) is 63.0 Å². The minimum atomic E-state index is -0.173. The van der Waals surface area contributed by atoms with Crippen molar-refractivity contribution in [2.75, 3.05) is 5.75 Å². The Hall–Kier alpha value is -1.30. The van der Waals surface area contributed by atoms with Gasteiger partial charge in [0.1, 0.15) is 6.10 Å². The van der Waals surface area contributed by atoms with Crippen molar-refractivity contribution < 1.29 is 9.53 Å². The number of ether oxygens (including phenoxy) is 1. The highest BCUT2D eigenvalue weighted by molar-refractivity contribution is 8.14. The van der Waals surface area contributed by atoms with Gasteiger partial charge in [-0.15, -0.1) is 0 Å². The molecular weight excluding hydrogens is 274 g/mol. The Balaban J connectivity index is 1.44. The summed E-state index contributed by atoms with van der Waals surface area (Å²) in [6.45, 7) is 7.85. The SMILES string of the molecule is C=C1N=C(SCC(=O)O[C@@H]2C[C@@H]3CC[C@@]32C)NN=C1C. The highest BCUT2D eigenvalue weighted by atomic mass is 32.2. The Labute approximate surface area is 122 Å². The Morgan fingerprint density at radius 3 is 3.00 bits per heavy atom. The Kier molecular flexibility index (Phi) is 3.36. The van der Waals surface area contributed by atoms with E-state index in [1.165, 1.54) is 24.6 Å². The molecule has 3 rings (SSSR count). The third-order valence-corrected chi connectivity index (χ3v) is 5.61. The first-order chi connectivity index (χ1) is 9.49. The predicted molar refractivity (Wildman–Crippen MR) is 80.6 cm³/mol. The van der Waals surface area contributed by atoms with Gasteiger partial charge in [0.2, 0.25) is 0 Å². The summed E-state index contributed by atoms with van der Waals surface area (Å²) in [6, 6.07) is 0. The van der Waals surface area contributed by atoms with Gasteiger partial charge in [0.15, 0.2) is 5.17 Å². The molecule has 2 saturated carbocycles. The number of allylic oxidation sites excluding steroid dienone is 1. The quantitative estimate of drug-likeness (QED) is 0.811. The van der Waals surface area contributed by atoms with E-state index in [4.69, 9.17) is 4.74 Å². The number of rotatable bonds is 3. The fraction of sp³-hybridized carbons (Fsp3) is 0.643. The maximum absolute atomic E-state index is 11.9. The lowest BCUT2D eigenvalue weighted by Gasteiger charge is -2.61. The van der Waals surface area contributed by atoms with E-state index in [2.05, 4.69) is 29.0 Å². The number of carbonyl (C=O) groups excluding carboxylic acids is 1. The van der Waals surface area contributed by atoms with Gasteiger partial charge in [0, 0.05) is 5.41 Å². The normalized spacial score (nSPS) is 34.8. The highest BCUT2D eigenvalue weighted by Crippen LogP contribution is 2.61. The van der Waals surface area contributed by atoms with Gasteiger partial charge in [-0.1, -0.05) is 25.3 Å². The number of thioether (sulfide) groups is 1. The van der Waals surface area contributed by atoms with Crippen LogP contribution in [0.25, 0.3) is 0 Å². The number of amidine groups is 1. The van der Waals surface area contributed by atoms with E-state index in [-0.39, 0.29) is 23.2 Å². The van der Waals surface area contributed by atoms with Crippen LogP contribution in [0.3, 0.4) is 0 Å².